The highest BCUT2D eigenvalue weighted by Crippen LogP contribution is 2.36. The molecule has 120 valence electrons. The average molecular weight is 321 g/mol. The average Bonchev–Trinajstić information content (AvgIpc) is 3.10. The molecule has 0 radical (unpaired) electrons. The molecule has 0 spiro atoms. The lowest BCUT2D eigenvalue weighted by Gasteiger charge is -2.32. The second kappa shape index (κ2) is 5.66. The maximum atomic E-state index is 12.3. The largest absolute Gasteiger partial charge is 0.495 e. The van der Waals surface area contributed by atoms with Gasteiger partial charge in [0.1, 0.15) is 0 Å². The molecule has 1 saturated heterocycles. The molecule has 0 aromatic carbocycles. The van der Waals surface area contributed by atoms with E-state index in [2.05, 4.69) is 5.32 Å². The van der Waals surface area contributed by atoms with E-state index in [0.717, 1.165) is 23.2 Å². The summed E-state index contributed by atoms with van der Waals surface area (Å²) < 4.78 is 12.1. The molecule has 0 atom stereocenters. The van der Waals surface area contributed by atoms with Crippen LogP contribution in [0.2, 0.25) is 0 Å². The van der Waals surface area contributed by atoms with Gasteiger partial charge in [0, 0.05) is 6.04 Å². The monoisotopic (exact) mass is 321 g/mol. The molecule has 1 aliphatic carbocycles. The summed E-state index contributed by atoms with van der Waals surface area (Å²) in [6.45, 7) is 8.14. The molecule has 1 saturated carbocycles. The van der Waals surface area contributed by atoms with Crippen LogP contribution in [-0.4, -0.2) is 30.3 Å². The maximum Gasteiger partial charge on any atom is 0.495 e. The van der Waals surface area contributed by atoms with Crippen molar-refractivity contribution in [1.82, 2.24) is 5.32 Å². The number of nitrogens with one attached hydrogen (secondary N) is 1. The molecule has 0 unspecified atom stereocenters. The fourth-order valence-electron chi connectivity index (χ4n) is 2.90. The van der Waals surface area contributed by atoms with E-state index >= 15 is 0 Å². The van der Waals surface area contributed by atoms with Crippen LogP contribution in [0.15, 0.2) is 11.4 Å². The fraction of sp³-hybridized carbons (Fsp3) is 0.688. The highest BCUT2D eigenvalue weighted by molar-refractivity contribution is 7.13. The van der Waals surface area contributed by atoms with Gasteiger partial charge in [-0.15, -0.1) is 11.3 Å². The van der Waals surface area contributed by atoms with Crippen LogP contribution in [-0.2, 0) is 9.31 Å². The van der Waals surface area contributed by atoms with E-state index in [4.69, 9.17) is 9.31 Å². The van der Waals surface area contributed by atoms with Gasteiger partial charge in [-0.1, -0.05) is 12.8 Å². The van der Waals surface area contributed by atoms with E-state index in [9.17, 15) is 4.79 Å². The third kappa shape index (κ3) is 2.96. The van der Waals surface area contributed by atoms with E-state index in [1.54, 1.807) is 0 Å². The van der Waals surface area contributed by atoms with Crippen molar-refractivity contribution in [3.8, 4) is 0 Å². The molecule has 1 amide bonds. The number of hydrogen-bond donors (Lipinski definition) is 1. The van der Waals surface area contributed by atoms with Crippen LogP contribution in [0.1, 0.15) is 63.0 Å². The van der Waals surface area contributed by atoms with Crippen molar-refractivity contribution in [3.05, 3.63) is 16.3 Å². The zero-order valence-corrected chi connectivity index (χ0v) is 14.6. The first-order valence-electron chi connectivity index (χ1n) is 8.03. The van der Waals surface area contributed by atoms with E-state index in [0.29, 0.717) is 6.04 Å². The Hall–Kier alpha value is -0.845. The summed E-state index contributed by atoms with van der Waals surface area (Å²) in [7, 11) is -0.394. The number of carbonyl (C=O) groups is 1. The summed E-state index contributed by atoms with van der Waals surface area (Å²) in [5, 5.41) is 5.09. The molecular formula is C16H24BNO3S. The Morgan fingerprint density at radius 2 is 1.82 bits per heavy atom. The van der Waals surface area contributed by atoms with Crippen LogP contribution in [0.5, 0.6) is 0 Å². The van der Waals surface area contributed by atoms with E-state index in [1.807, 2.05) is 39.1 Å². The zero-order valence-electron chi connectivity index (χ0n) is 13.8. The van der Waals surface area contributed by atoms with Crippen LogP contribution in [0.25, 0.3) is 0 Å². The molecule has 0 bridgehead atoms. The molecule has 2 aliphatic rings. The van der Waals surface area contributed by atoms with Gasteiger partial charge < -0.3 is 14.6 Å². The summed E-state index contributed by atoms with van der Waals surface area (Å²) in [4.78, 5) is 13.0. The highest BCUT2D eigenvalue weighted by atomic mass is 32.1. The van der Waals surface area contributed by atoms with E-state index in [1.165, 1.54) is 24.2 Å². The van der Waals surface area contributed by atoms with Gasteiger partial charge in [-0.2, -0.15) is 0 Å². The first-order valence-corrected chi connectivity index (χ1v) is 8.91. The summed E-state index contributed by atoms with van der Waals surface area (Å²) in [5.74, 6) is 0.0275. The Morgan fingerprint density at radius 1 is 1.23 bits per heavy atom. The van der Waals surface area contributed by atoms with Crippen molar-refractivity contribution in [3.63, 3.8) is 0 Å². The summed E-state index contributed by atoms with van der Waals surface area (Å²) >= 11 is 1.46. The summed E-state index contributed by atoms with van der Waals surface area (Å²) in [6.07, 6.45) is 4.63. The second-order valence-electron chi connectivity index (χ2n) is 7.29. The lowest BCUT2D eigenvalue weighted by Crippen LogP contribution is -2.41. The topological polar surface area (TPSA) is 47.6 Å². The number of hydrogen-bond acceptors (Lipinski definition) is 4. The third-order valence-corrected chi connectivity index (χ3v) is 6.01. The Labute approximate surface area is 136 Å². The van der Waals surface area contributed by atoms with Gasteiger partial charge >= 0.3 is 7.12 Å². The minimum absolute atomic E-state index is 0.0275. The van der Waals surface area contributed by atoms with Gasteiger partial charge in [0.15, 0.2) is 0 Å². The molecule has 2 heterocycles. The van der Waals surface area contributed by atoms with Gasteiger partial charge in [-0.05, 0) is 57.4 Å². The van der Waals surface area contributed by atoms with Crippen LogP contribution < -0.4 is 10.8 Å². The molecule has 1 aromatic heterocycles. The van der Waals surface area contributed by atoms with Crippen molar-refractivity contribution in [2.75, 3.05) is 0 Å². The molecule has 6 heteroatoms. The van der Waals surface area contributed by atoms with E-state index < -0.39 is 7.12 Å². The molecule has 1 aliphatic heterocycles. The number of thiophene rings is 1. The molecule has 2 fully saturated rings. The van der Waals surface area contributed by atoms with Crippen molar-refractivity contribution < 1.29 is 14.1 Å². The second-order valence-corrected chi connectivity index (χ2v) is 8.20. The van der Waals surface area contributed by atoms with Crippen LogP contribution in [0.3, 0.4) is 0 Å². The smallest absolute Gasteiger partial charge is 0.399 e. The lowest BCUT2D eigenvalue weighted by molar-refractivity contribution is 0.00578. The third-order valence-electron chi connectivity index (χ3n) is 5.06. The van der Waals surface area contributed by atoms with Gasteiger partial charge in [-0.3, -0.25) is 4.79 Å². The predicted molar refractivity (Wildman–Crippen MR) is 89.8 cm³/mol. The number of amides is 1. The van der Waals surface area contributed by atoms with Gasteiger partial charge in [0.25, 0.3) is 5.91 Å². The Bertz CT molecular complexity index is 547. The van der Waals surface area contributed by atoms with E-state index in [-0.39, 0.29) is 17.1 Å². The number of rotatable bonds is 3. The highest BCUT2D eigenvalue weighted by Gasteiger charge is 2.52. The van der Waals surface area contributed by atoms with Gasteiger partial charge in [0.05, 0.1) is 16.1 Å². The minimum Gasteiger partial charge on any atom is -0.399 e. The molecule has 22 heavy (non-hydrogen) atoms. The molecule has 1 N–H and O–H groups in total. The Morgan fingerprint density at radius 3 is 2.41 bits per heavy atom. The van der Waals surface area contributed by atoms with Crippen molar-refractivity contribution in [1.29, 1.82) is 0 Å². The zero-order chi connectivity index (χ0) is 16.0. The normalized spacial score (nSPS) is 23.9. The molecular weight excluding hydrogens is 297 g/mol. The van der Waals surface area contributed by atoms with Crippen molar-refractivity contribution >= 4 is 29.8 Å². The predicted octanol–water partition coefficient (Wildman–Crippen LogP) is 2.72. The minimum atomic E-state index is -0.394. The van der Waals surface area contributed by atoms with Gasteiger partial charge in [0.2, 0.25) is 0 Å². The first-order chi connectivity index (χ1) is 10.3. The van der Waals surface area contributed by atoms with Crippen LogP contribution >= 0.6 is 11.3 Å². The number of carbonyl (C=O) groups excluding carboxylic acids is 1. The summed E-state index contributed by atoms with van der Waals surface area (Å²) in [5.41, 5.74) is 0.220. The quantitative estimate of drug-likeness (QED) is 0.871. The van der Waals surface area contributed by atoms with Crippen LogP contribution in [0.4, 0.5) is 0 Å². The molecule has 1 aromatic rings. The standard InChI is InChI=1S/C16H24BNO3S/c1-15(2)16(3,4)21-17(20-15)11-9-13(22-10-11)14(19)18-12-7-5-6-8-12/h9-10,12H,5-8H2,1-4H3,(H,18,19). The summed E-state index contributed by atoms with van der Waals surface area (Å²) in [6, 6.07) is 2.24. The van der Waals surface area contributed by atoms with Crippen LogP contribution in [0, 0.1) is 0 Å². The fourth-order valence-corrected chi connectivity index (χ4v) is 3.71. The van der Waals surface area contributed by atoms with Gasteiger partial charge in [-0.25, -0.2) is 0 Å². The van der Waals surface area contributed by atoms with Crippen molar-refractivity contribution in [2.45, 2.75) is 70.6 Å². The lowest BCUT2D eigenvalue weighted by atomic mass is 9.81. The first kappa shape index (κ1) is 16.0. The maximum absolute atomic E-state index is 12.3. The molecule has 3 rings (SSSR count). The van der Waals surface area contributed by atoms with Crippen molar-refractivity contribution in [2.24, 2.45) is 0 Å². The SMILES string of the molecule is CC1(C)OB(c2csc(C(=O)NC3CCCC3)c2)OC1(C)C. The Kier molecular flexibility index (Phi) is 4.12. The Balaban J connectivity index is 1.68. The molecule has 4 nitrogen and oxygen atoms in total.